The molecule has 0 fully saturated rings. The number of hydrogen-bond acceptors (Lipinski definition) is 7. The maximum Gasteiger partial charge on any atom is 0.319 e. The summed E-state index contributed by atoms with van der Waals surface area (Å²) < 4.78 is 76.1. The Balaban J connectivity index is 3.29. The molecule has 0 atom stereocenters. The number of carbonyl (C=O) groups is 1. The van der Waals surface area contributed by atoms with Gasteiger partial charge in [0, 0.05) is 0 Å². The zero-order valence-electron chi connectivity index (χ0n) is 10.0. The van der Waals surface area contributed by atoms with Crippen LogP contribution in [0.3, 0.4) is 0 Å². The van der Waals surface area contributed by atoms with Crippen molar-refractivity contribution in [1.29, 1.82) is 0 Å². The fourth-order valence-corrected chi connectivity index (χ4v) is 1.78. The minimum atomic E-state index is -5.47. The zero-order chi connectivity index (χ0) is 16.4. The molecule has 2 N–H and O–H groups in total. The van der Waals surface area contributed by atoms with Crippen LogP contribution in [0.5, 0.6) is 5.75 Å². The third-order valence-corrected chi connectivity index (χ3v) is 3.16. The minimum absolute atomic E-state index is 0.143. The van der Waals surface area contributed by atoms with Crippen molar-refractivity contribution in [3.8, 4) is 5.75 Å². The second-order valence-corrected chi connectivity index (χ2v) is 5.10. The Labute approximate surface area is 116 Å². The van der Waals surface area contributed by atoms with Crippen molar-refractivity contribution in [2.75, 3.05) is 13.2 Å². The first kappa shape index (κ1) is 17.4. The van der Waals surface area contributed by atoms with Gasteiger partial charge in [-0.1, -0.05) is 0 Å². The molecule has 0 saturated carbocycles. The number of ether oxygens (including phenoxy) is 1. The van der Waals surface area contributed by atoms with Crippen LogP contribution in [0.1, 0.15) is 0 Å². The Hall–Kier alpha value is -1.69. The van der Waals surface area contributed by atoms with E-state index in [1.165, 1.54) is 0 Å². The molecule has 0 aliphatic carbocycles. The number of halogens is 3. The van der Waals surface area contributed by atoms with Gasteiger partial charge >= 0.3 is 5.97 Å². The van der Waals surface area contributed by atoms with E-state index in [9.17, 15) is 30.9 Å². The van der Waals surface area contributed by atoms with E-state index in [4.69, 9.17) is 10.2 Å². The van der Waals surface area contributed by atoms with E-state index in [0.717, 1.165) is 0 Å². The van der Waals surface area contributed by atoms with Gasteiger partial charge in [0.25, 0.3) is 0 Å². The summed E-state index contributed by atoms with van der Waals surface area (Å²) in [5.74, 6) is -10.8. The Morgan fingerprint density at radius 3 is 2.19 bits per heavy atom. The van der Waals surface area contributed by atoms with E-state index in [1.54, 1.807) is 0 Å². The van der Waals surface area contributed by atoms with Crippen LogP contribution in [0.4, 0.5) is 13.2 Å². The van der Waals surface area contributed by atoms with Crippen LogP contribution in [0, 0.1) is 23.4 Å². The molecule has 7 nitrogen and oxygen atoms in total. The van der Waals surface area contributed by atoms with Gasteiger partial charge in [0.2, 0.25) is 11.6 Å². The van der Waals surface area contributed by atoms with Crippen molar-refractivity contribution >= 4 is 16.1 Å². The lowest BCUT2D eigenvalue weighted by molar-refractivity contribution is -0.142. The highest BCUT2D eigenvalue weighted by atomic mass is 32.2. The summed E-state index contributed by atoms with van der Waals surface area (Å²) in [7, 11) is -5.47. The molecule has 0 radical (unpaired) electrons. The van der Waals surface area contributed by atoms with Crippen molar-refractivity contribution in [3.05, 3.63) is 23.5 Å². The molecule has 1 rings (SSSR count). The summed E-state index contributed by atoms with van der Waals surface area (Å²) in [5.41, 5.74) is 0. The van der Waals surface area contributed by atoms with Crippen molar-refractivity contribution in [3.63, 3.8) is 0 Å². The van der Waals surface area contributed by atoms with Crippen LogP contribution >= 0.6 is 0 Å². The largest absolute Gasteiger partial charge is 0.744 e. The third kappa shape index (κ3) is 3.69. The van der Waals surface area contributed by atoms with E-state index in [2.05, 4.69) is 4.74 Å². The van der Waals surface area contributed by atoms with E-state index in [-0.39, 0.29) is 6.07 Å². The van der Waals surface area contributed by atoms with Crippen LogP contribution in [-0.4, -0.2) is 42.4 Å². The molecule has 0 spiro atoms. The van der Waals surface area contributed by atoms with Gasteiger partial charge in [-0.25, -0.2) is 17.2 Å². The fraction of sp³-hybridized carbons (Fsp3) is 0.300. The molecule has 1 aromatic carbocycles. The van der Waals surface area contributed by atoms with Crippen molar-refractivity contribution in [1.82, 2.24) is 0 Å². The number of benzene rings is 1. The number of rotatable bonds is 5. The van der Waals surface area contributed by atoms with Gasteiger partial charge in [-0.15, -0.1) is 0 Å². The van der Waals surface area contributed by atoms with Gasteiger partial charge in [-0.05, 0) is 6.07 Å². The van der Waals surface area contributed by atoms with E-state index >= 15 is 0 Å². The highest BCUT2D eigenvalue weighted by Gasteiger charge is 2.27. The lowest BCUT2D eigenvalue weighted by atomic mass is 10.2. The topological polar surface area (TPSA) is 124 Å². The molecule has 0 aromatic heterocycles. The van der Waals surface area contributed by atoms with E-state index in [1.807, 2.05) is 0 Å². The van der Waals surface area contributed by atoms with Gasteiger partial charge in [0.05, 0.1) is 18.1 Å². The molecular formula is C10H8F3O7S-. The quantitative estimate of drug-likeness (QED) is 0.323. The Morgan fingerprint density at radius 2 is 1.76 bits per heavy atom. The lowest BCUT2D eigenvalue weighted by Gasteiger charge is -2.14. The molecule has 0 bridgehead atoms. The van der Waals surface area contributed by atoms with Gasteiger partial charge in [0.15, 0.2) is 11.6 Å². The zero-order valence-corrected chi connectivity index (χ0v) is 10.9. The van der Waals surface area contributed by atoms with Crippen LogP contribution in [0.15, 0.2) is 11.0 Å². The van der Waals surface area contributed by atoms with Gasteiger partial charge in [-0.2, -0.15) is 4.39 Å². The monoisotopic (exact) mass is 329 g/mol. The van der Waals surface area contributed by atoms with Crippen LogP contribution in [-0.2, 0) is 14.9 Å². The summed E-state index contributed by atoms with van der Waals surface area (Å²) in [4.78, 5) is 9.51. The number of aliphatic hydroxyl groups excluding tert-OH is 2. The predicted octanol–water partition coefficient (Wildman–Crippen LogP) is -0.486. The van der Waals surface area contributed by atoms with Gasteiger partial charge in [-0.3, -0.25) is 4.79 Å². The molecule has 0 amide bonds. The molecule has 21 heavy (non-hydrogen) atoms. The molecule has 11 heteroatoms. The summed E-state index contributed by atoms with van der Waals surface area (Å²) in [5, 5.41) is 17.4. The first-order valence-corrected chi connectivity index (χ1v) is 6.61. The van der Waals surface area contributed by atoms with Crippen LogP contribution in [0.2, 0.25) is 0 Å². The van der Waals surface area contributed by atoms with Crippen LogP contribution < -0.4 is 4.74 Å². The Morgan fingerprint density at radius 1 is 1.24 bits per heavy atom. The molecular weight excluding hydrogens is 321 g/mol. The second kappa shape index (κ2) is 6.39. The van der Waals surface area contributed by atoms with Crippen molar-refractivity contribution in [2.24, 2.45) is 5.92 Å². The standard InChI is InChI=1S/C10H9F3O7S/c11-5-1-6(21(17,18)19)7(12)8(13)9(5)20-10(16)4(2-14)3-15/h1,4,14-15H,2-3H2,(H,17,18,19)/p-1. The predicted molar refractivity (Wildman–Crippen MR) is 57.6 cm³/mol. The molecule has 0 saturated heterocycles. The summed E-state index contributed by atoms with van der Waals surface area (Å²) in [6.45, 7) is -1.82. The lowest BCUT2D eigenvalue weighted by Crippen LogP contribution is -2.27. The number of hydrogen-bond donors (Lipinski definition) is 2. The Bertz CT molecular complexity index is 655. The summed E-state index contributed by atoms with van der Waals surface area (Å²) in [6, 6.07) is -0.143. The number of carbonyl (C=O) groups excluding carboxylic acids is 1. The summed E-state index contributed by atoms with van der Waals surface area (Å²) >= 11 is 0. The average Bonchev–Trinajstić information content (AvgIpc) is 2.39. The molecule has 0 heterocycles. The molecule has 118 valence electrons. The smallest absolute Gasteiger partial charge is 0.319 e. The molecule has 0 unspecified atom stereocenters. The molecule has 0 aliphatic heterocycles. The normalized spacial score (nSPS) is 11.8. The van der Waals surface area contributed by atoms with Crippen LogP contribution in [0.25, 0.3) is 0 Å². The SMILES string of the molecule is O=C(Oc1c(F)cc(S(=O)(=O)[O-])c(F)c1F)C(CO)CO. The maximum atomic E-state index is 13.5. The molecule has 0 aliphatic rings. The average molecular weight is 329 g/mol. The first-order chi connectivity index (χ1) is 9.63. The van der Waals surface area contributed by atoms with Gasteiger partial charge in [0.1, 0.15) is 16.0 Å². The van der Waals surface area contributed by atoms with E-state index in [0.29, 0.717) is 0 Å². The number of esters is 1. The number of aliphatic hydroxyl groups is 2. The fourth-order valence-electron chi connectivity index (χ4n) is 1.22. The molecule has 1 aromatic rings. The van der Waals surface area contributed by atoms with Crippen molar-refractivity contribution < 1.29 is 45.9 Å². The minimum Gasteiger partial charge on any atom is -0.744 e. The van der Waals surface area contributed by atoms with Gasteiger partial charge < -0.3 is 19.5 Å². The maximum absolute atomic E-state index is 13.5. The van der Waals surface area contributed by atoms with E-state index < -0.39 is 63.3 Å². The summed E-state index contributed by atoms with van der Waals surface area (Å²) in [6.07, 6.45) is 0. The highest BCUT2D eigenvalue weighted by molar-refractivity contribution is 7.85. The third-order valence-electron chi connectivity index (χ3n) is 2.33. The second-order valence-electron chi connectivity index (χ2n) is 3.75. The van der Waals surface area contributed by atoms with Crippen molar-refractivity contribution in [2.45, 2.75) is 4.90 Å². The highest BCUT2D eigenvalue weighted by Crippen LogP contribution is 2.29. The first-order valence-electron chi connectivity index (χ1n) is 5.20. The Kier molecular flexibility index (Phi) is 5.28.